The number of aryl methyl sites for hydroxylation is 1. The Morgan fingerprint density at radius 1 is 1.25 bits per heavy atom. The Morgan fingerprint density at radius 3 is 2.82 bits per heavy atom. The molecule has 0 spiro atoms. The van der Waals surface area contributed by atoms with Crippen LogP contribution in [0, 0.1) is 6.92 Å². The lowest BCUT2D eigenvalue weighted by atomic mass is 9.93. The molecule has 0 radical (unpaired) electrons. The second-order valence-electron chi connectivity index (χ2n) is 7.13. The number of amides is 1. The van der Waals surface area contributed by atoms with Gasteiger partial charge >= 0.3 is 0 Å². The summed E-state index contributed by atoms with van der Waals surface area (Å²) in [6.45, 7) is 2.07. The number of anilines is 1. The molecule has 1 fully saturated rings. The molecule has 4 N–H and O–H groups in total. The SMILES string of the molecule is Cc1nnc(CNC(=O)c2cccc3cnc(N[C@H]4CC[C@H](O)CC4)nc23)[nH]1. The van der Waals surface area contributed by atoms with Crippen LogP contribution in [-0.2, 0) is 6.54 Å². The molecule has 28 heavy (non-hydrogen) atoms. The Hall–Kier alpha value is -3.07. The van der Waals surface area contributed by atoms with Crippen molar-refractivity contribution in [1.29, 1.82) is 0 Å². The topological polar surface area (TPSA) is 129 Å². The molecule has 9 heteroatoms. The fourth-order valence-electron chi connectivity index (χ4n) is 3.44. The summed E-state index contributed by atoms with van der Waals surface area (Å²) in [5, 5.41) is 24.5. The van der Waals surface area contributed by atoms with Crippen LogP contribution < -0.4 is 10.6 Å². The van der Waals surface area contributed by atoms with Crippen molar-refractivity contribution in [2.75, 3.05) is 5.32 Å². The summed E-state index contributed by atoms with van der Waals surface area (Å²) in [6.07, 6.45) is 4.82. The number of rotatable bonds is 5. The molecule has 0 atom stereocenters. The first-order valence-electron chi connectivity index (χ1n) is 9.45. The molecule has 2 aromatic heterocycles. The number of nitrogens with zero attached hydrogens (tertiary/aromatic N) is 4. The van der Waals surface area contributed by atoms with Gasteiger partial charge in [0.25, 0.3) is 5.91 Å². The number of carbonyl (C=O) groups is 1. The summed E-state index contributed by atoms with van der Waals surface area (Å²) in [6, 6.07) is 5.68. The molecule has 1 aromatic carbocycles. The summed E-state index contributed by atoms with van der Waals surface area (Å²) >= 11 is 0. The van der Waals surface area contributed by atoms with Gasteiger partial charge in [0.15, 0.2) is 0 Å². The van der Waals surface area contributed by atoms with Gasteiger partial charge in [-0.05, 0) is 38.7 Å². The number of aromatic nitrogens is 5. The first kappa shape index (κ1) is 18.3. The van der Waals surface area contributed by atoms with Crippen molar-refractivity contribution >= 4 is 22.8 Å². The number of H-pyrrole nitrogens is 1. The van der Waals surface area contributed by atoms with Gasteiger partial charge in [0.2, 0.25) is 5.95 Å². The number of benzene rings is 1. The second kappa shape index (κ2) is 7.89. The molecular weight excluding hydrogens is 358 g/mol. The van der Waals surface area contributed by atoms with Crippen molar-refractivity contribution in [3.8, 4) is 0 Å². The van der Waals surface area contributed by atoms with E-state index in [9.17, 15) is 9.90 Å². The van der Waals surface area contributed by atoms with Crippen molar-refractivity contribution in [2.24, 2.45) is 0 Å². The Bertz CT molecular complexity index is 979. The van der Waals surface area contributed by atoms with E-state index in [-0.39, 0.29) is 24.6 Å². The van der Waals surface area contributed by atoms with Gasteiger partial charge in [0.05, 0.1) is 23.7 Å². The maximum absolute atomic E-state index is 12.7. The highest BCUT2D eigenvalue weighted by Crippen LogP contribution is 2.22. The zero-order valence-electron chi connectivity index (χ0n) is 15.6. The van der Waals surface area contributed by atoms with Gasteiger partial charge in [-0.2, -0.15) is 0 Å². The molecule has 2 heterocycles. The highest BCUT2D eigenvalue weighted by molar-refractivity contribution is 6.05. The largest absolute Gasteiger partial charge is 0.393 e. The van der Waals surface area contributed by atoms with Crippen molar-refractivity contribution in [3.63, 3.8) is 0 Å². The molecule has 1 aliphatic carbocycles. The Balaban J connectivity index is 1.51. The molecule has 1 amide bonds. The maximum Gasteiger partial charge on any atom is 0.253 e. The minimum absolute atomic E-state index is 0.209. The fraction of sp³-hybridized carbons (Fsp3) is 0.421. The van der Waals surface area contributed by atoms with Gasteiger partial charge in [0.1, 0.15) is 11.6 Å². The van der Waals surface area contributed by atoms with E-state index in [0.717, 1.165) is 31.1 Å². The zero-order valence-corrected chi connectivity index (χ0v) is 15.6. The molecule has 0 saturated heterocycles. The number of hydrogen-bond donors (Lipinski definition) is 4. The van der Waals surface area contributed by atoms with Crippen LogP contribution in [0.4, 0.5) is 5.95 Å². The minimum Gasteiger partial charge on any atom is -0.393 e. The summed E-state index contributed by atoms with van der Waals surface area (Å²) in [7, 11) is 0. The summed E-state index contributed by atoms with van der Waals surface area (Å²) in [5.74, 6) is 1.57. The quantitative estimate of drug-likeness (QED) is 0.529. The molecule has 0 bridgehead atoms. The molecular formula is C19H23N7O2. The number of aliphatic hydroxyl groups excluding tert-OH is 1. The van der Waals surface area contributed by atoms with E-state index in [0.29, 0.717) is 28.7 Å². The average Bonchev–Trinajstić information content (AvgIpc) is 3.12. The number of aliphatic hydroxyl groups is 1. The number of aromatic amines is 1. The van der Waals surface area contributed by atoms with Crippen molar-refractivity contribution < 1.29 is 9.90 Å². The van der Waals surface area contributed by atoms with E-state index < -0.39 is 0 Å². The standard InChI is InChI=1S/C19H23N7O2/c1-11-22-16(26-25-11)10-20-18(28)15-4-2-3-12-9-21-19(24-17(12)15)23-13-5-7-14(27)8-6-13/h2-4,9,13-14,27H,5-8,10H2,1H3,(H,20,28)(H,21,23,24)(H,22,25,26)/t13-,14-. The minimum atomic E-state index is -0.231. The predicted molar refractivity (Wildman–Crippen MR) is 104 cm³/mol. The first-order chi connectivity index (χ1) is 13.6. The van der Waals surface area contributed by atoms with Crippen LogP contribution in [0.15, 0.2) is 24.4 Å². The summed E-state index contributed by atoms with van der Waals surface area (Å²) < 4.78 is 0. The Labute approximate surface area is 162 Å². The summed E-state index contributed by atoms with van der Waals surface area (Å²) in [5.41, 5.74) is 1.08. The van der Waals surface area contributed by atoms with Crippen LogP contribution in [0.3, 0.4) is 0 Å². The number of para-hydroxylation sites is 1. The van der Waals surface area contributed by atoms with E-state index in [1.165, 1.54) is 0 Å². The Morgan fingerprint density at radius 2 is 2.07 bits per heavy atom. The lowest BCUT2D eigenvalue weighted by Gasteiger charge is -2.26. The van der Waals surface area contributed by atoms with Gasteiger partial charge in [0, 0.05) is 17.6 Å². The number of carbonyl (C=O) groups excluding carboxylic acids is 1. The molecule has 0 aliphatic heterocycles. The van der Waals surface area contributed by atoms with Crippen molar-refractivity contribution in [2.45, 2.75) is 51.3 Å². The van der Waals surface area contributed by atoms with Gasteiger partial charge < -0.3 is 20.7 Å². The van der Waals surface area contributed by atoms with Crippen molar-refractivity contribution in [1.82, 2.24) is 30.5 Å². The van der Waals surface area contributed by atoms with Crippen LogP contribution in [0.25, 0.3) is 10.9 Å². The van der Waals surface area contributed by atoms with E-state index in [4.69, 9.17) is 0 Å². The first-order valence-corrected chi connectivity index (χ1v) is 9.45. The van der Waals surface area contributed by atoms with Crippen LogP contribution in [0.1, 0.15) is 47.7 Å². The number of nitrogens with one attached hydrogen (secondary N) is 3. The molecule has 0 unspecified atom stereocenters. The Kier molecular flexibility index (Phi) is 5.16. The van der Waals surface area contributed by atoms with E-state index in [1.54, 1.807) is 12.3 Å². The lowest BCUT2D eigenvalue weighted by Crippen LogP contribution is -2.29. The van der Waals surface area contributed by atoms with Crippen LogP contribution in [0.2, 0.25) is 0 Å². The molecule has 1 saturated carbocycles. The predicted octanol–water partition coefficient (Wildman–Crippen LogP) is 1.70. The van der Waals surface area contributed by atoms with Crippen LogP contribution in [0.5, 0.6) is 0 Å². The monoisotopic (exact) mass is 381 g/mol. The van der Waals surface area contributed by atoms with Gasteiger partial charge in [-0.15, -0.1) is 10.2 Å². The van der Waals surface area contributed by atoms with E-state index in [1.807, 2.05) is 19.1 Å². The summed E-state index contributed by atoms with van der Waals surface area (Å²) in [4.78, 5) is 24.6. The molecule has 4 rings (SSSR count). The highest BCUT2D eigenvalue weighted by Gasteiger charge is 2.20. The average molecular weight is 381 g/mol. The molecule has 9 nitrogen and oxygen atoms in total. The third kappa shape index (κ3) is 4.09. The zero-order chi connectivity index (χ0) is 19.5. The van der Waals surface area contributed by atoms with E-state index in [2.05, 4.69) is 35.8 Å². The van der Waals surface area contributed by atoms with Crippen molar-refractivity contribution in [3.05, 3.63) is 41.6 Å². The lowest BCUT2D eigenvalue weighted by molar-refractivity contribution is 0.0951. The number of fused-ring (bicyclic) bond motifs is 1. The van der Waals surface area contributed by atoms with E-state index >= 15 is 0 Å². The maximum atomic E-state index is 12.7. The molecule has 1 aliphatic rings. The fourth-order valence-corrected chi connectivity index (χ4v) is 3.44. The highest BCUT2D eigenvalue weighted by atomic mass is 16.3. The van der Waals surface area contributed by atoms with Crippen LogP contribution in [-0.4, -0.2) is 48.3 Å². The number of hydrogen-bond acceptors (Lipinski definition) is 7. The van der Waals surface area contributed by atoms with Crippen LogP contribution >= 0.6 is 0 Å². The third-order valence-electron chi connectivity index (χ3n) is 4.95. The molecule has 3 aromatic rings. The normalized spacial score (nSPS) is 19.5. The molecule has 146 valence electrons. The van der Waals surface area contributed by atoms with Gasteiger partial charge in [-0.3, -0.25) is 4.79 Å². The van der Waals surface area contributed by atoms with Gasteiger partial charge in [-0.25, -0.2) is 9.97 Å². The third-order valence-corrected chi connectivity index (χ3v) is 4.95. The van der Waals surface area contributed by atoms with Gasteiger partial charge in [-0.1, -0.05) is 12.1 Å². The second-order valence-corrected chi connectivity index (χ2v) is 7.13. The smallest absolute Gasteiger partial charge is 0.253 e.